The van der Waals surface area contributed by atoms with Crippen molar-refractivity contribution < 1.29 is 19.1 Å². The van der Waals surface area contributed by atoms with Crippen molar-refractivity contribution in [3.63, 3.8) is 0 Å². The van der Waals surface area contributed by atoms with Gasteiger partial charge in [0.2, 0.25) is 5.91 Å². The third-order valence-electron chi connectivity index (χ3n) is 5.38. The maximum Gasteiger partial charge on any atom is 0.408 e. The highest BCUT2D eigenvalue weighted by atomic mass is 16.6. The topological polar surface area (TPSA) is 67.9 Å². The average molecular weight is 408 g/mol. The van der Waals surface area contributed by atoms with Gasteiger partial charge in [-0.1, -0.05) is 48.5 Å². The maximum atomic E-state index is 12.7. The molecule has 1 aliphatic heterocycles. The summed E-state index contributed by atoms with van der Waals surface area (Å²) >= 11 is 0. The summed E-state index contributed by atoms with van der Waals surface area (Å²) < 4.78 is 11.1. The Balaban J connectivity index is 1.67. The van der Waals surface area contributed by atoms with E-state index in [4.69, 9.17) is 9.47 Å². The Morgan fingerprint density at radius 2 is 1.73 bits per heavy atom. The zero-order valence-electron chi connectivity index (χ0n) is 17.5. The highest BCUT2D eigenvalue weighted by Gasteiger charge is 2.40. The third-order valence-corrected chi connectivity index (χ3v) is 5.38. The fraction of sp³-hybridized carbons (Fsp3) is 0.333. The standard InChI is InChI=1S/C24H28N2O4/c1-3-7-22(27)26-16-14-24(15-17-26,20-8-5-4-6-9-20)30-23(28)25-18-19-10-12-21(29-2)13-11-19/h3-13H,14-18H2,1-2H3,(H,25,28). The van der Waals surface area contributed by atoms with Crippen molar-refractivity contribution in [1.82, 2.24) is 10.2 Å². The van der Waals surface area contributed by atoms with E-state index in [9.17, 15) is 9.59 Å². The van der Waals surface area contributed by atoms with E-state index in [1.807, 2.05) is 61.5 Å². The van der Waals surface area contributed by atoms with E-state index in [1.165, 1.54) is 0 Å². The minimum Gasteiger partial charge on any atom is -0.497 e. The molecule has 1 heterocycles. The lowest BCUT2D eigenvalue weighted by molar-refractivity contribution is -0.130. The Morgan fingerprint density at radius 3 is 2.33 bits per heavy atom. The summed E-state index contributed by atoms with van der Waals surface area (Å²) in [5.41, 5.74) is 1.15. The maximum absolute atomic E-state index is 12.7. The van der Waals surface area contributed by atoms with Crippen molar-refractivity contribution in [1.29, 1.82) is 0 Å². The number of benzene rings is 2. The van der Waals surface area contributed by atoms with Crippen LogP contribution in [0.2, 0.25) is 0 Å². The lowest BCUT2D eigenvalue weighted by Crippen LogP contribution is -2.48. The Labute approximate surface area is 177 Å². The molecule has 0 unspecified atom stereocenters. The number of nitrogens with one attached hydrogen (secondary N) is 1. The minimum absolute atomic E-state index is 0.0110. The van der Waals surface area contributed by atoms with E-state index in [-0.39, 0.29) is 5.91 Å². The van der Waals surface area contributed by atoms with Crippen LogP contribution in [0.15, 0.2) is 66.7 Å². The van der Waals surface area contributed by atoms with Gasteiger partial charge in [-0.25, -0.2) is 4.79 Å². The lowest BCUT2D eigenvalue weighted by atomic mass is 9.84. The van der Waals surface area contributed by atoms with Crippen LogP contribution >= 0.6 is 0 Å². The van der Waals surface area contributed by atoms with Gasteiger partial charge in [0.05, 0.1) is 7.11 Å². The van der Waals surface area contributed by atoms with Crippen LogP contribution in [-0.4, -0.2) is 37.1 Å². The first-order chi connectivity index (χ1) is 14.6. The van der Waals surface area contributed by atoms with Gasteiger partial charge in [0, 0.05) is 32.5 Å². The largest absolute Gasteiger partial charge is 0.497 e. The first-order valence-electron chi connectivity index (χ1n) is 10.1. The molecule has 30 heavy (non-hydrogen) atoms. The number of ether oxygens (including phenoxy) is 2. The Bertz CT molecular complexity index is 870. The fourth-order valence-corrected chi connectivity index (χ4v) is 3.66. The van der Waals surface area contributed by atoms with Gasteiger partial charge in [-0.3, -0.25) is 4.79 Å². The van der Waals surface area contributed by atoms with Crippen LogP contribution in [0.4, 0.5) is 4.79 Å². The number of nitrogens with zero attached hydrogens (tertiary/aromatic N) is 1. The predicted molar refractivity (Wildman–Crippen MR) is 115 cm³/mol. The van der Waals surface area contributed by atoms with Crippen LogP contribution < -0.4 is 10.1 Å². The molecule has 0 aliphatic carbocycles. The van der Waals surface area contributed by atoms with Crippen molar-refractivity contribution in [2.75, 3.05) is 20.2 Å². The Hall–Kier alpha value is -3.28. The molecule has 0 spiro atoms. The zero-order valence-corrected chi connectivity index (χ0v) is 17.5. The monoisotopic (exact) mass is 408 g/mol. The van der Waals surface area contributed by atoms with Crippen LogP contribution in [-0.2, 0) is 21.7 Å². The molecule has 2 amide bonds. The number of hydrogen-bond donors (Lipinski definition) is 1. The molecular formula is C24H28N2O4. The van der Waals surface area contributed by atoms with Crippen LogP contribution in [0.1, 0.15) is 30.9 Å². The van der Waals surface area contributed by atoms with Crippen molar-refractivity contribution in [3.05, 3.63) is 77.9 Å². The molecule has 158 valence electrons. The van der Waals surface area contributed by atoms with Crippen LogP contribution in [0.5, 0.6) is 5.75 Å². The molecule has 2 aromatic carbocycles. The second-order valence-electron chi connectivity index (χ2n) is 7.28. The van der Waals surface area contributed by atoms with Crippen molar-refractivity contribution in [2.24, 2.45) is 0 Å². The number of carbonyl (C=O) groups is 2. The molecule has 2 aromatic rings. The number of piperidine rings is 1. The van der Waals surface area contributed by atoms with Gasteiger partial charge in [0.25, 0.3) is 0 Å². The number of carbonyl (C=O) groups excluding carboxylic acids is 2. The molecule has 6 heteroatoms. The number of amides is 2. The van der Waals surface area contributed by atoms with Gasteiger partial charge in [-0.05, 0) is 36.3 Å². The van der Waals surface area contributed by atoms with E-state index < -0.39 is 11.7 Å². The molecule has 0 atom stereocenters. The molecule has 6 nitrogen and oxygen atoms in total. The normalized spacial score (nSPS) is 15.6. The van der Waals surface area contributed by atoms with Crippen LogP contribution in [0.25, 0.3) is 0 Å². The molecule has 1 aliphatic rings. The highest BCUT2D eigenvalue weighted by molar-refractivity contribution is 5.87. The number of methoxy groups -OCH3 is 1. The summed E-state index contributed by atoms with van der Waals surface area (Å²) in [6, 6.07) is 17.3. The fourth-order valence-electron chi connectivity index (χ4n) is 3.66. The van der Waals surface area contributed by atoms with Gasteiger partial charge >= 0.3 is 6.09 Å². The summed E-state index contributed by atoms with van der Waals surface area (Å²) in [5.74, 6) is 0.756. The lowest BCUT2D eigenvalue weighted by Gasteiger charge is -2.41. The molecule has 0 saturated carbocycles. The first kappa shape index (κ1) is 21.4. The summed E-state index contributed by atoms with van der Waals surface area (Å²) in [7, 11) is 1.62. The average Bonchev–Trinajstić information content (AvgIpc) is 2.79. The number of hydrogen-bond acceptors (Lipinski definition) is 4. The Morgan fingerprint density at radius 1 is 1.07 bits per heavy atom. The van der Waals surface area contributed by atoms with E-state index in [0.29, 0.717) is 32.5 Å². The van der Waals surface area contributed by atoms with Gasteiger partial charge in [0.1, 0.15) is 11.4 Å². The molecule has 0 aromatic heterocycles. The summed E-state index contributed by atoms with van der Waals surface area (Å²) in [6.07, 6.45) is 3.94. The Kier molecular flexibility index (Phi) is 7.12. The third kappa shape index (κ3) is 5.20. The van der Waals surface area contributed by atoms with E-state index >= 15 is 0 Å². The second kappa shape index (κ2) is 9.96. The summed E-state index contributed by atoms with van der Waals surface area (Å²) in [4.78, 5) is 26.6. The molecule has 1 N–H and O–H groups in total. The zero-order chi connectivity index (χ0) is 21.4. The molecule has 0 radical (unpaired) electrons. The predicted octanol–water partition coefficient (Wildman–Crippen LogP) is 4.02. The van der Waals surface area contributed by atoms with Crippen molar-refractivity contribution in [3.8, 4) is 5.75 Å². The van der Waals surface area contributed by atoms with E-state index in [0.717, 1.165) is 16.9 Å². The second-order valence-corrected chi connectivity index (χ2v) is 7.28. The van der Waals surface area contributed by atoms with Crippen molar-refractivity contribution in [2.45, 2.75) is 31.9 Å². The first-order valence-corrected chi connectivity index (χ1v) is 10.1. The van der Waals surface area contributed by atoms with Crippen molar-refractivity contribution >= 4 is 12.0 Å². The minimum atomic E-state index is -0.752. The summed E-state index contributed by atoms with van der Waals surface area (Å²) in [5, 5.41) is 2.84. The summed E-state index contributed by atoms with van der Waals surface area (Å²) in [6.45, 7) is 3.25. The van der Waals surface area contributed by atoms with Gasteiger partial charge in [-0.2, -0.15) is 0 Å². The number of alkyl carbamates (subject to hydrolysis) is 1. The highest BCUT2D eigenvalue weighted by Crippen LogP contribution is 2.37. The molecule has 1 fully saturated rings. The van der Waals surface area contributed by atoms with E-state index in [1.54, 1.807) is 24.2 Å². The smallest absolute Gasteiger partial charge is 0.408 e. The molecular weight excluding hydrogens is 380 g/mol. The van der Waals surface area contributed by atoms with Gasteiger partial charge < -0.3 is 19.7 Å². The number of allylic oxidation sites excluding steroid dienone is 1. The number of likely N-dealkylation sites (tertiary alicyclic amines) is 1. The van der Waals surface area contributed by atoms with Crippen LogP contribution in [0, 0.1) is 0 Å². The molecule has 0 bridgehead atoms. The van der Waals surface area contributed by atoms with E-state index in [2.05, 4.69) is 5.32 Å². The molecule has 3 rings (SSSR count). The van der Waals surface area contributed by atoms with Gasteiger partial charge in [0.15, 0.2) is 0 Å². The number of rotatable bonds is 6. The van der Waals surface area contributed by atoms with Gasteiger partial charge in [-0.15, -0.1) is 0 Å². The quantitative estimate of drug-likeness (QED) is 0.733. The van der Waals surface area contributed by atoms with Crippen LogP contribution in [0.3, 0.4) is 0 Å². The molecule has 1 saturated heterocycles. The SMILES string of the molecule is CC=CC(=O)N1CCC(OC(=O)NCc2ccc(OC)cc2)(c2ccccc2)CC1.